The molecule has 2 atom stereocenters. The van der Waals surface area contributed by atoms with Gasteiger partial charge >= 0.3 is 0 Å². The third-order valence-corrected chi connectivity index (χ3v) is 9.85. The molecular formula is C30H34N6O5. The number of aromatic nitrogens is 2. The Morgan fingerprint density at radius 1 is 1.02 bits per heavy atom. The summed E-state index contributed by atoms with van der Waals surface area (Å²) in [5.74, 6) is -1.75. The SMILES string of the molecule is CC1(C(=O)N2CCC(n3ncc4c3CCC4Nc3cccc4c3C(=O)N(C3CCC(=O)NC3=O)C4=O)CC2)CCC1. The molecule has 11 heteroatoms. The Morgan fingerprint density at radius 3 is 2.51 bits per heavy atom. The van der Waals surface area contributed by atoms with E-state index >= 15 is 0 Å². The zero-order chi connectivity index (χ0) is 28.5. The van der Waals surface area contributed by atoms with Crippen LogP contribution >= 0.6 is 0 Å². The number of hydrogen-bond donors (Lipinski definition) is 2. The zero-order valence-electron chi connectivity index (χ0n) is 23.1. The van der Waals surface area contributed by atoms with Crippen LogP contribution in [0.4, 0.5) is 5.69 Å². The summed E-state index contributed by atoms with van der Waals surface area (Å²) >= 11 is 0. The lowest BCUT2D eigenvalue weighted by atomic mass is 9.69. The first-order valence-electron chi connectivity index (χ1n) is 14.7. The molecular weight excluding hydrogens is 524 g/mol. The minimum atomic E-state index is -0.998. The molecule has 1 aromatic heterocycles. The molecule has 41 heavy (non-hydrogen) atoms. The summed E-state index contributed by atoms with van der Waals surface area (Å²) < 4.78 is 2.14. The second kappa shape index (κ2) is 9.53. The van der Waals surface area contributed by atoms with E-state index in [-0.39, 0.29) is 41.5 Å². The lowest BCUT2D eigenvalue weighted by Gasteiger charge is -2.43. The van der Waals surface area contributed by atoms with E-state index in [1.165, 1.54) is 5.69 Å². The Kier molecular flexibility index (Phi) is 6.02. The van der Waals surface area contributed by atoms with Crippen LogP contribution < -0.4 is 10.6 Å². The summed E-state index contributed by atoms with van der Waals surface area (Å²) in [7, 11) is 0. The molecule has 5 aliphatic rings. The van der Waals surface area contributed by atoms with Gasteiger partial charge in [-0.15, -0.1) is 0 Å². The van der Waals surface area contributed by atoms with Crippen molar-refractivity contribution >= 4 is 35.2 Å². The second-order valence-electron chi connectivity index (χ2n) is 12.3. The van der Waals surface area contributed by atoms with Crippen LogP contribution in [0.2, 0.25) is 0 Å². The molecule has 2 saturated heterocycles. The lowest BCUT2D eigenvalue weighted by Crippen LogP contribution is -2.54. The molecule has 1 aromatic carbocycles. The van der Waals surface area contributed by atoms with Crippen molar-refractivity contribution in [3.05, 3.63) is 46.8 Å². The quantitative estimate of drug-likeness (QED) is 0.539. The maximum Gasteiger partial charge on any atom is 0.264 e. The molecule has 4 heterocycles. The van der Waals surface area contributed by atoms with Crippen LogP contribution in [0.25, 0.3) is 0 Å². The number of piperidine rings is 2. The van der Waals surface area contributed by atoms with Crippen molar-refractivity contribution < 1.29 is 24.0 Å². The smallest absolute Gasteiger partial charge is 0.264 e. The highest BCUT2D eigenvalue weighted by Gasteiger charge is 2.46. The van der Waals surface area contributed by atoms with Gasteiger partial charge in [0.2, 0.25) is 17.7 Å². The first-order chi connectivity index (χ1) is 19.7. The molecule has 11 nitrogen and oxygen atoms in total. The molecule has 7 rings (SSSR count). The van der Waals surface area contributed by atoms with Gasteiger partial charge in [0.25, 0.3) is 11.8 Å². The molecule has 2 unspecified atom stereocenters. The predicted molar refractivity (Wildman–Crippen MR) is 147 cm³/mol. The van der Waals surface area contributed by atoms with Gasteiger partial charge in [0.15, 0.2) is 0 Å². The highest BCUT2D eigenvalue weighted by molar-refractivity contribution is 6.25. The minimum absolute atomic E-state index is 0.0713. The number of amides is 5. The van der Waals surface area contributed by atoms with Crippen LogP contribution in [-0.4, -0.2) is 68.2 Å². The molecule has 0 radical (unpaired) electrons. The molecule has 3 fully saturated rings. The fourth-order valence-corrected chi connectivity index (χ4v) is 7.29. The lowest BCUT2D eigenvalue weighted by molar-refractivity contribution is -0.147. The number of rotatable bonds is 5. The van der Waals surface area contributed by atoms with Gasteiger partial charge in [-0.1, -0.05) is 19.4 Å². The van der Waals surface area contributed by atoms with Crippen molar-refractivity contribution in [3.8, 4) is 0 Å². The predicted octanol–water partition coefficient (Wildman–Crippen LogP) is 2.74. The van der Waals surface area contributed by atoms with Crippen molar-refractivity contribution in [1.82, 2.24) is 24.9 Å². The average Bonchev–Trinajstić information content (AvgIpc) is 3.62. The van der Waals surface area contributed by atoms with Gasteiger partial charge in [-0.3, -0.25) is 38.9 Å². The molecule has 1 saturated carbocycles. The van der Waals surface area contributed by atoms with E-state index in [1.807, 2.05) is 11.1 Å². The van der Waals surface area contributed by atoms with Gasteiger partial charge < -0.3 is 10.2 Å². The normalized spacial score (nSPS) is 25.6. The van der Waals surface area contributed by atoms with Gasteiger partial charge in [0.05, 0.1) is 29.4 Å². The van der Waals surface area contributed by atoms with E-state index in [0.717, 1.165) is 68.5 Å². The Labute approximate surface area is 237 Å². The van der Waals surface area contributed by atoms with Crippen LogP contribution in [-0.2, 0) is 20.8 Å². The number of benzene rings is 1. The molecule has 2 N–H and O–H groups in total. The van der Waals surface area contributed by atoms with Crippen molar-refractivity contribution in [2.75, 3.05) is 18.4 Å². The van der Waals surface area contributed by atoms with E-state index in [9.17, 15) is 24.0 Å². The number of likely N-dealkylation sites (tertiary alicyclic amines) is 1. The van der Waals surface area contributed by atoms with Gasteiger partial charge in [-0.2, -0.15) is 5.10 Å². The second-order valence-corrected chi connectivity index (χ2v) is 12.3. The highest BCUT2D eigenvalue weighted by Crippen LogP contribution is 2.43. The largest absolute Gasteiger partial charge is 0.377 e. The third-order valence-electron chi connectivity index (χ3n) is 9.85. The first-order valence-corrected chi connectivity index (χ1v) is 14.7. The number of fused-ring (bicyclic) bond motifs is 2. The molecule has 3 aliphatic heterocycles. The average molecular weight is 559 g/mol. The van der Waals surface area contributed by atoms with E-state index in [1.54, 1.807) is 18.2 Å². The number of nitrogens with one attached hydrogen (secondary N) is 2. The molecule has 5 amide bonds. The fourth-order valence-electron chi connectivity index (χ4n) is 7.29. The maximum atomic E-state index is 13.5. The van der Waals surface area contributed by atoms with Gasteiger partial charge in [-0.05, 0) is 57.1 Å². The fraction of sp³-hybridized carbons (Fsp3) is 0.533. The zero-order valence-corrected chi connectivity index (χ0v) is 23.1. The van der Waals surface area contributed by atoms with Crippen molar-refractivity contribution in [2.45, 2.75) is 82.8 Å². The topological polar surface area (TPSA) is 134 Å². The van der Waals surface area contributed by atoms with Gasteiger partial charge in [0, 0.05) is 41.9 Å². The summed E-state index contributed by atoms with van der Waals surface area (Å²) in [4.78, 5) is 66.8. The van der Waals surface area contributed by atoms with Crippen LogP contribution in [0.3, 0.4) is 0 Å². The van der Waals surface area contributed by atoms with Crippen LogP contribution in [0.1, 0.15) is 102 Å². The summed E-state index contributed by atoms with van der Waals surface area (Å²) in [5.41, 5.74) is 3.18. The number of imide groups is 2. The number of nitrogens with zero attached hydrogens (tertiary/aromatic N) is 4. The summed E-state index contributed by atoms with van der Waals surface area (Å²) in [6.45, 7) is 3.60. The number of hydrogen-bond acceptors (Lipinski definition) is 7. The van der Waals surface area contributed by atoms with E-state index < -0.39 is 29.7 Å². The van der Waals surface area contributed by atoms with E-state index in [0.29, 0.717) is 11.6 Å². The number of carbonyl (C=O) groups is 5. The minimum Gasteiger partial charge on any atom is -0.377 e. The summed E-state index contributed by atoms with van der Waals surface area (Å²) in [5, 5.41) is 10.5. The first kappa shape index (κ1) is 25.9. The summed E-state index contributed by atoms with van der Waals surface area (Å²) in [6.07, 6.45) is 8.66. The Balaban J connectivity index is 1.06. The van der Waals surface area contributed by atoms with Gasteiger partial charge in [0.1, 0.15) is 6.04 Å². The summed E-state index contributed by atoms with van der Waals surface area (Å²) in [6, 6.07) is 4.31. The van der Waals surface area contributed by atoms with Crippen molar-refractivity contribution in [1.29, 1.82) is 0 Å². The van der Waals surface area contributed by atoms with Crippen LogP contribution in [0, 0.1) is 5.41 Å². The number of carbonyl (C=O) groups excluding carboxylic acids is 5. The Hall–Kier alpha value is -4.02. The highest BCUT2D eigenvalue weighted by atomic mass is 16.2. The molecule has 2 aromatic rings. The Bertz CT molecular complexity index is 1480. The van der Waals surface area contributed by atoms with Crippen LogP contribution in [0.5, 0.6) is 0 Å². The Morgan fingerprint density at radius 2 is 1.80 bits per heavy atom. The van der Waals surface area contributed by atoms with E-state index in [2.05, 4.69) is 22.2 Å². The molecule has 214 valence electrons. The third kappa shape index (κ3) is 4.07. The van der Waals surface area contributed by atoms with Gasteiger partial charge in [-0.25, -0.2) is 0 Å². The number of anilines is 1. The molecule has 0 bridgehead atoms. The van der Waals surface area contributed by atoms with Crippen molar-refractivity contribution in [3.63, 3.8) is 0 Å². The standard InChI is InChI=1S/C30H34N6O5/c1-30(12-3-13-30)29(41)34-14-10-17(11-15-34)36-22-7-6-20(19(22)16-31-36)32-21-5-2-4-18-25(21)28(40)35(27(18)39)23-8-9-24(37)33-26(23)38/h2,4-5,16-17,20,23,32H,3,6-15H2,1H3,(H,33,37,38). The van der Waals surface area contributed by atoms with Crippen molar-refractivity contribution in [2.24, 2.45) is 5.41 Å². The van der Waals surface area contributed by atoms with E-state index in [4.69, 9.17) is 5.10 Å². The molecule has 2 aliphatic carbocycles. The maximum absolute atomic E-state index is 13.5. The van der Waals surface area contributed by atoms with Crippen LogP contribution in [0.15, 0.2) is 24.4 Å². The molecule has 0 spiro atoms. The monoisotopic (exact) mass is 558 g/mol.